The summed E-state index contributed by atoms with van der Waals surface area (Å²) >= 11 is 0. The van der Waals surface area contributed by atoms with Crippen LogP contribution >= 0.6 is 0 Å². The van der Waals surface area contributed by atoms with Crippen molar-refractivity contribution in [1.82, 2.24) is 5.32 Å². The Bertz CT molecular complexity index is 525. The minimum Gasteiger partial charge on any atom is -0.490 e. The zero-order valence-corrected chi connectivity index (χ0v) is 14.8. The van der Waals surface area contributed by atoms with Gasteiger partial charge >= 0.3 is 0 Å². The van der Waals surface area contributed by atoms with Crippen molar-refractivity contribution in [1.29, 1.82) is 0 Å². The van der Waals surface area contributed by atoms with Crippen molar-refractivity contribution in [2.75, 3.05) is 13.2 Å². The predicted octanol–water partition coefficient (Wildman–Crippen LogP) is 3.26. The standard InChI is InChI=1S/C19H30N2O3/c1-3-5-12-24-17-11-6-14(13-18(17)23-4-2)19(22)21-16-9-7-15(20)8-10-16/h6,11,13,15-16H,3-5,7-10,12,20H2,1-2H3,(H,21,22). The van der Waals surface area contributed by atoms with Crippen LogP contribution in [0, 0.1) is 0 Å². The number of nitrogens with one attached hydrogen (secondary N) is 1. The minimum absolute atomic E-state index is 0.0588. The van der Waals surface area contributed by atoms with Crippen molar-refractivity contribution in [2.24, 2.45) is 5.73 Å². The summed E-state index contributed by atoms with van der Waals surface area (Å²) in [5, 5.41) is 3.11. The first-order valence-corrected chi connectivity index (χ1v) is 9.10. The summed E-state index contributed by atoms with van der Waals surface area (Å²) in [5.41, 5.74) is 6.52. The number of rotatable bonds is 8. The van der Waals surface area contributed by atoms with Gasteiger partial charge in [-0.15, -0.1) is 0 Å². The number of amides is 1. The Kier molecular flexibility index (Phi) is 7.37. The third-order valence-corrected chi connectivity index (χ3v) is 4.37. The number of hydrogen-bond acceptors (Lipinski definition) is 4. The second kappa shape index (κ2) is 9.52. The molecule has 1 fully saturated rings. The van der Waals surface area contributed by atoms with Gasteiger partial charge in [0.15, 0.2) is 11.5 Å². The predicted molar refractivity (Wildman–Crippen MR) is 95.7 cm³/mol. The minimum atomic E-state index is -0.0588. The van der Waals surface area contributed by atoms with Crippen LogP contribution in [0.2, 0.25) is 0 Å². The second-order valence-corrected chi connectivity index (χ2v) is 6.38. The van der Waals surface area contributed by atoms with E-state index in [-0.39, 0.29) is 18.0 Å². The van der Waals surface area contributed by atoms with Gasteiger partial charge in [-0.1, -0.05) is 13.3 Å². The van der Waals surface area contributed by atoms with Crippen LogP contribution in [0.5, 0.6) is 11.5 Å². The Morgan fingerprint density at radius 1 is 1.17 bits per heavy atom. The van der Waals surface area contributed by atoms with Crippen LogP contribution in [0.1, 0.15) is 62.7 Å². The highest BCUT2D eigenvalue weighted by molar-refractivity contribution is 5.95. The van der Waals surface area contributed by atoms with Gasteiger partial charge in [0.25, 0.3) is 5.91 Å². The SMILES string of the molecule is CCCCOc1ccc(C(=O)NC2CCC(N)CC2)cc1OCC. The van der Waals surface area contributed by atoms with E-state index in [1.165, 1.54) is 0 Å². The molecule has 0 radical (unpaired) electrons. The molecule has 1 saturated carbocycles. The Balaban J connectivity index is 2.00. The number of unbranched alkanes of at least 4 members (excludes halogenated alkanes) is 1. The summed E-state index contributed by atoms with van der Waals surface area (Å²) in [6.07, 6.45) is 5.92. The fourth-order valence-corrected chi connectivity index (χ4v) is 2.90. The van der Waals surface area contributed by atoms with E-state index in [0.717, 1.165) is 38.5 Å². The fourth-order valence-electron chi connectivity index (χ4n) is 2.90. The van der Waals surface area contributed by atoms with E-state index in [4.69, 9.17) is 15.2 Å². The van der Waals surface area contributed by atoms with Crippen LogP contribution in [0.4, 0.5) is 0 Å². The number of nitrogens with two attached hydrogens (primary N) is 1. The van der Waals surface area contributed by atoms with Gasteiger partial charge in [-0.2, -0.15) is 0 Å². The molecule has 0 unspecified atom stereocenters. The first-order chi connectivity index (χ1) is 11.6. The zero-order valence-electron chi connectivity index (χ0n) is 14.8. The van der Waals surface area contributed by atoms with Crippen molar-refractivity contribution >= 4 is 5.91 Å². The van der Waals surface area contributed by atoms with Gasteiger partial charge in [-0.25, -0.2) is 0 Å². The summed E-state index contributed by atoms with van der Waals surface area (Å²) in [6, 6.07) is 5.89. The molecule has 1 aliphatic carbocycles. The van der Waals surface area contributed by atoms with Gasteiger partial charge in [0.1, 0.15) is 0 Å². The molecule has 0 aliphatic heterocycles. The summed E-state index contributed by atoms with van der Waals surface area (Å²) in [6.45, 7) is 5.24. The van der Waals surface area contributed by atoms with Crippen LogP contribution in [-0.4, -0.2) is 31.2 Å². The molecule has 0 aromatic heterocycles. The molecule has 0 atom stereocenters. The molecular weight excluding hydrogens is 304 g/mol. The van der Waals surface area contributed by atoms with Gasteiger partial charge in [0, 0.05) is 17.6 Å². The Morgan fingerprint density at radius 3 is 2.58 bits per heavy atom. The van der Waals surface area contributed by atoms with E-state index in [1.54, 1.807) is 12.1 Å². The van der Waals surface area contributed by atoms with E-state index < -0.39 is 0 Å². The van der Waals surface area contributed by atoms with Crippen LogP contribution in [0.15, 0.2) is 18.2 Å². The molecule has 1 aromatic rings. The van der Waals surface area contributed by atoms with Crippen molar-refractivity contribution < 1.29 is 14.3 Å². The Morgan fingerprint density at radius 2 is 1.92 bits per heavy atom. The van der Waals surface area contributed by atoms with E-state index in [9.17, 15) is 4.79 Å². The zero-order chi connectivity index (χ0) is 17.4. The molecule has 134 valence electrons. The molecule has 24 heavy (non-hydrogen) atoms. The van der Waals surface area contributed by atoms with Gasteiger partial charge in [0.2, 0.25) is 0 Å². The summed E-state index contributed by atoms with van der Waals surface area (Å²) in [4.78, 5) is 12.5. The molecule has 1 aromatic carbocycles. The first kappa shape index (κ1) is 18.6. The van der Waals surface area contributed by atoms with Crippen molar-refractivity contribution in [3.05, 3.63) is 23.8 Å². The third kappa shape index (κ3) is 5.41. The van der Waals surface area contributed by atoms with E-state index in [1.807, 2.05) is 13.0 Å². The quantitative estimate of drug-likeness (QED) is 0.716. The molecule has 1 amide bonds. The maximum absolute atomic E-state index is 12.5. The molecule has 2 rings (SSSR count). The maximum atomic E-state index is 12.5. The van der Waals surface area contributed by atoms with Crippen LogP contribution in [0.25, 0.3) is 0 Å². The average Bonchev–Trinajstić information content (AvgIpc) is 2.58. The molecule has 0 spiro atoms. The van der Waals surface area contributed by atoms with E-state index in [2.05, 4.69) is 12.2 Å². The van der Waals surface area contributed by atoms with Gasteiger partial charge < -0.3 is 20.5 Å². The highest BCUT2D eigenvalue weighted by Gasteiger charge is 2.21. The van der Waals surface area contributed by atoms with Gasteiger partial charge in [-0.05, 0) is 57.2 Å². The van der Waals surface area contributed by atoms with Gasteiger partial charge in [0.05, 0.1) is 13.2 Å². The highest BCUT2D eigenvalue weighted by Crippen LogP contribution is 2.29. The van der Waals surface area contributed by atoms with Crippen LogP contribution < -0.4 is 20.5 Å². The van der Waals surface area contributed by atoms with Crippen LogP contribution in [-0.2, 0) is 0 Å². The molecule has 3 N–H and O–H groups in total. The topological polar surface area (TPSA) is 73.6 Å². The molecule has 5 nitrogen and oxygen atoms in total. The average molecular weight is 334 g/mol. The molecule has 0 saturated heterocycles. The number of ether oxygens (including phenoxy) is 2. The summed E-state index contributed by atoms with van der Waals surface area (Å²) < 4.78 is 11.4. The van der Waals surface area contributed by atoms with Gasteiger partial charge in [-0.3, -0.25) is 4.79 Å². The lowest BCUT2D eigenvalue weighted by Gasteiger charge is -2.26. The number of benzene rings is 1. The Hall–Kier alpha value is -1.75. The molecule has 0 bridgehead atoms. The van der Waals surface area contributed by atoms with Crippen molar-refractivity contribution in [3.8, 4) is 11.5 Å². The highest BCUT2D eigenvalue weighted by atomic mass is 16.5. The first-order valence-electron chi connectivity index (χ1n) is 9.10. The van der Waals surface area contributed by atoms with E-state index in [0.29, 0.717) is 30.3 Å². The molecule has 1 aliphatic rings. The summed E-state index contributed by atoms with van der Waals surface area (Å²) in [5.74, 6) is 1.27. The van der Waals surface area contributed by atoms with Crippen LogP contribution in [0.3, 0.4) is 0 Å². The second-order valence-electron chi connectivity index (χ2n) is 6.38. The number of carbonyl (C=O) groups excluding carboxylic acids is 1. The Labute approximate surface area is 144 Å². The lowest BCUT2D eigenvalue weighted by atomic mass is 9.91. The molecule has 0 heterocycles. The lowest BCUT2D eigenvalue weighted by Crippen LogP contribution is -2.40. The van der Waals surface area contributed by atoms with E-state index >= 15 is 0 Å². The fraction of sp³-hybridized carbons (Fsp3) is 0.632. The summed E-state index contributed by atoms with van der Waals surface area (Å²) in [7, 11) is 0. The molecule has 5 heteroatoms. The lowest BCUT2D eigenvalue weighted by molar-refractivity contribution is 0.0925. The largest absolute Gasteiger partial charge is 0.490 e. The smallest absolute Gasteiger partial charge is 0.251 e. The van der Waals surface area contributed by atoms with Crippen molar-refractivity contribution in [2.45, 2.75) is 64.5 Å². The third-order valence-electron chi connectivity index (χ3n) is 4.37. The van der Waals surface area contributed by atoms with Crippen molar-refractivity contribution in [3.63, 3.8) is 0 Å². The maximum Gasteiger partial charge on any atom is 0.251 e. The molecular formula is C19H30N2O3. The number of carbonyl (C=O) groups is 1. The number of hydrogen-bond donors (Lipinski definition) is 2. The normalized spacial score (nSPS) is 20.5. The monoisotopic (exact) mass is 334 g/mol.